The smallest absolute Gasteiger partial charge is 0.203 e. The first-order valence-corrected chi connectivity index (χ1v) is 4.86. The molecule has 2 aromatic heterocycles. The molecule has 0 radical (unpaired) electrons. The van der Waals surface area contributed by atoms with Gasteiger partial charge in [0.1, 0.15) is 6.33 Å². The van der Waals surface area contributed by atoms with E-state index < -0.39 is 0 Å². The molecule has 0 aliphatic carbocycles. The van der Waals surface area contributed by atoms with Gasteiger partial charge in [-0.2, -0.15) is 0 Å². The SMILES string of the molecule is COCC(CO)Nc1nccn2cnnc12. The summed E-state index contributed by atoms with van der Waals surface area (Å²) < 4.78 is 6.71. The molecule has 2 N–H and O–H groups in total. The maximum absolute atomic E-state index is 9.13. The van der Waals surface area contributed by atoms with Gasteiger partial charge in [0.2, 0.25) is 5.65 Å². The van der Waals surface area contributed by atoms with Crippen LogP contribution in [-0.2, 0) is 4.74 Å². The van der Waals surface area contributed by atoms with Gasteiger partial charge in [-0.1, -0.05) is 0 Å². The molecule has 2 aromatic rings. The van der Waals surface area contributed by atoms with Crippen LogP contribution < -0.4 is 5.32 Å². The fraction of sp³-hybridized carbons (Fsp3) is 0.444. The Morgan fingerprint density at radius 1 is 1.62 bits per heavy atom. The molecule has 0 aliphatic rings. The van der Waals surface area contributed by atoms with E-state index in [1.165, 1.54) is 0 Å². The molecule has 1 unspecified atom stereocenters. The third-order valence-corrected chi connectivity index (χ3v) is 2.14. The van der Waals surface area contributed by atoms with Crippen LogP contribution in [0.2, 0.25) is 0 Å². The standard InChI is InChI=1S/C9H13N5O2/c1-16-5-7(4-15)12-8-9-13-11-6-14(9)3-2-10-8/h2-3,6-7,15H,4-5H2,1H3,(H,10,12). The summed E-state index contributed by atoms with van der Waals surface area (Å²) in [5.74, 6) is 0.580. The number of anilines is 1. The van der Waals surface area contributed by atoms with Crippen molar-refractivity contribution in [3.8, 4) is 0 Å². The first-order valence-electron chi connectivity index (χ1n) is 4.86. The predicted molar refractivity (Wildman–Crippen MR) is 57.2 cm³/mol. The maximum Gasteiger partial charge on any atom is 0.203 e. The van der Waals surface area contributed by atoms with Gasteiger partial charge in [-0.3, -0.25) is 4.40 Å². The van der Waals surface area contributed by atoms with Gasteiger partial charge in [0, 0.05) is 19.5 Å². The number of fused-ring (bicyclic) bond motifs is 1. The van der Waals surface area contributed by atoms with E-state index in [9.17, 15) is 0 Å². The van der Waals surface area contributed by atoms with E-state index in [1.807, 2.05) is 0 Å². The van der Waals surface area contributed by atoms with Crippen molar-refractivity contribution in [3.05, 3.63) is 18.7 Å². The molecule has 7 nitrogen and oxygen atoms in total. The Hall–Kier alpha value is -1.73. The molecule has 0 spiro atoms. The Labute approximate surface area is 92.1 Å². The van der Waals surface area contributed by atoms with Gasteiger partial charge in [-0.25, -0.2) is 4.98 Å². The topological polar surface area (TPSA) is 84.6 Å². The van der Waals surface area contributed by atoms with Crippen molar-refractivity contribution in [2.24, 2.45) is 0 Å². The predicted octanol–water partition coefficient (Wildman–Crippen LogP) is -0.457. The molecular formula is C9H13N5O2. The number of aliphatic hydroxyl groups is 1. The minimum absolute atomic E-state index is 0.0370. The van der Waals surface area contributed by atoms with E-state index in [4.69, 9.17) is 9.84 Å². The fourth-order valence-electron chi connectivity index (χ4n) is 1.39. The highest BCUT2D eigenvalue weighted by Gasteiger charge is 2.11. The summed E-state index contributed by atoms with van der Waals surface area (Å²) in [5.41, 5.74) is 0.622. The number of aromatic nitrogens is 4. The van der Waals surface area contributed by atoms with Crippen LogP contribution in [0.3, 0.4) is 0 Å². The molecule has 7 heteroatoms. The van der Waals surface area contributed by atoms with Crippen molar-refractivity contribution in [1.82, 2.24) is 19.6 Å². The summed E-state index contributed by atoms with van der Waals surface area (Å²) >= 11 is 0. The van der Waals surface area contributed by atoms with Crippen LogP contribution in [0.5, 0.6) is 0 Å². The summed E-state index contributed by atoms with van der Waals surface area (Å²) in [6, 6.07) is -0.208. The molecule has 2 heterocycles. The van der Waals surface area contributed by atoms with Crippen LogP contribution >= 0.6 is 0 Å². The van der Waals surface area contributed by atoms with Crippen LogP contribution in [0, 0.1) is 0 Å². The van der Waals surface area contributed by atoms with Crippen LogP contribution in [0.4, 0.5) is 5.82 Å². The monoisotopic (exact) mass is 223 g/mol. The highest BCUT2D eigenvalue weighted by atomic mass is 16.5. The van der Waals surface area contributed by atoms with Gasteiger partial charge >= 0.3 is 0 Å². The third-order valence-electron chi connectivity index (χ3n) is 2.14. The summed E-state index contributed by atoms with van der Waals surface area (Å²) in [5, 5.41) is 19.9. The first kappa shape index (κ1) is 10.8. The lowest BCUT2D eigenvalue weighted by atomic mass is 10.3. The molecule has 0 saturated carbocycles. The van der Waals surface area contributed by atoms with Gasteiger partial charge in [0.25, 0.3) is 0 Å². The second-order valence-corrected chi connectivity index (χ2v) is 3.32. The quantitative estimate of drug-likeness (QED) is 0.713. The number of hydrogen-bond acceptors (Lipinski definition) is 6. The second-order valence-electron chi connectivity index (χ2n) is 3.32. The van der Waals surface area contributed by atoms with Gasteiger partial charge in [-0.15, -0.1) is 10.2 Å². The number of aliphatic hydroxyl groups excluding tert-OH is 1. The lowest BCUT2D eigenvalue weighted by molar-refractivity contribution is 0.153. The molecule has 2 rings (SSSR count). The first-order chi connectivity index (χ1) is 7.85. The van der Waals surface area contributed by atoms with E-state index in [0.29, 0.717) is 18.1 Å². The fourth-order valence-corrected chi connectivity index (χ4v) is 1.39. The number of nitrogens with one attached hydrogen (secondary N) is 1. The molecule has 0 bridgehead atoms. The number of methoxy groups -OCH3 is 1. The highest BCUT2D eigenvalue weighted by molar-refractivity contribution is 5.61. The van der Waals surface area contributed by atoms with Gasteiger partial charge in [-0.05, 0) is 0 Å². The Balaban J connectivity index is 2.22. The van der Waals surface area contributed by atoms with Gasteiger partial charge in [0.15, 0.2) is 5.82 Å². The molecule has 86 valence electrons. The van der Waals surface area contributed by atoms with Crippen LogP contribution in [-0.4, -0.2) is 51.1 Å². The van der Waals surface area contributed by atoms with Crippen molar-refractivity contribution in [2.45, 2.75) is 6.04 Å². The molecule has 0 amide bonds. The second kappa shape index (κ2) is 4.86. The Morgan fingerprint density at radius 2 is 2.50 bits per heavy atom. The van der Waals surface area contributed by atoms with E-state index in [1.54, 1.807) is 30.2 Å². The molecule has 1 atom stereocenters. The molecule has 0 saturated heterocycles. The normalized spacial score (nSPS) is 12.9. The number of ether oxygens (including phenoxy) is 1. The van der Waals surface area contributed by atoms with Crippen molar-refractivity contribution in [3.63, 3.8) is 0 Å². The minimum atomic E-state index is -0.208. The van der Waals surface area contributed by atoms with Crippen molar-refractivity contribution in [1.29, 1.82) is 0 Å². The van der Waals surface area contributed by atoms with Crippen molar-refractivity contribution in [2.75, 3.05) is 25.6 Å². The summed E-state index contributed by atoms with van der Waals surface area (Å²) in [6.07, 6.45) is 4.98. The average Bonchev–Trinajstić information content (AvgIpc) is 2.77. The molecule has 16 heavy (non-hydrogen) atoms. The number of nitrogens with zero attached hydrogens (tertiary/aromatic N) is 4. The summed E-state index contributed by atoms with van der Waals surface area (Å²) in [4.78, 5) is 4.15. The number of rotatable bonds is 5. The largest absolute Gasteiger partial charge is 0.394 e. The third kappa shape index (κ3) is 2.10. The molecule has 0 aromatic carbocycles. The van der Waals surface area contributed by atoms with Crippen molar-refractivity contribution < 1.29 is 9.84 Å². The molecule has 0 aliphatic heterocycles. The van der Waals surface area contributed by atoms with E-state index in [-0.39, 0.29) is 12.6 Å². The Kier molecular flexibility index (Phi) is 3.28. The summed E-state index contributed by atoms with van der Waals surface area (Å²) in [6.45, 7) is 0.359. The molecular weight excluding hydrogens is 210 g/mol. The highest BCUT2D eigenvalue weighted by Crippen LogP contribution is 2.10. The van der Waals surface area contributed by atoms with Crippen molar-refractivity contribution >= 4 is 11.5 Å². The van der Waals surface area contributed by atoms with E-state index >= 15 is 0 Å². The van der Waals surface area contributed by atoms with Gasteiger partial charge < -0.3 is 15.2 Å². The Morgan fingerprint density at radius 3 is 3.25 bits per heavy atom. The van der Waals surface area contributed by atoms with E-state index in [2.05, 4.69) is 20.5 Å². The zero-order valence-corrected chi connectivity index (χ0v) is 8.87. The zero-order valence-electron chi connectivity index (χ0n) is 8.87. The molecule has 0 fully saturated rings. The van der Waals surface area contributed by atoms with E-state index in [0.717, 1.165) is 0 Å². The minimum Gasteiger partial charge on any atom is -0.394 e. The summed E-state index contributed by atoms with van der Waals surface area (Å²) in [7, 11) is 1.58. The van der Waals surface area contributed by atoms with Crippen LogP contribution in [0.15, 0.2) is 18.7 Å². The average molecular weight is 223 g/mol. The van der Waals surface area contributed by atoms with Crippen LogP contribution in [0.1, 0.15) is 0 Å². The lowest BCUT2D eigenvalue weighted by Gasteiger charge is -2.15. The Bertz CT molecular complexity index is 458. The maximum atomic E-state index is 9.13. The zero-order chi connectivity index (χ0) is 11.4. The van der Waals surface area contributed by atoms with Gasteiger partial charge in [0.05, 0.1) is 19.3 Å². The van der Waals surface area contributed by atoms with Crippen LogP contribution in [0.25, 0.3) is 5.65 Å². The number of hydrogen-bond donors (Lipinski definition) is 2. The lowest BCUT2D eigenvalue weighted by Crippen LogP contribution is -2.29.